The maximum absolute atomic E-state index is 14.0. The zero-order valence-corrected chi connectivity index (χ0v) is 15.6. The minimum Gasteiger partial charge on any atom is -0.372 e. The van der Waals surface area contributed by atoms with Crippen LogP contribution in [0.1, 0.15) is 19.4 Å². The van der Waals surface area contributed by atoms with Gasteiger partial charge < -0.3 is 15.1 Å². The minimum atomic E-state index is -0.699. The molecule has 1 aliphatic rings. The molecule has 4 nitrogen and oxygen atoms in total. The quantitative estimate of drug-likeness (QED) is 0.909. The molecule has 1 amide bonds. The summed E-state index contributed by atoms with van der Waals surface area (Å²) in [5, 5.41) is 3.33. The molecule has 2 aromatic carbocycles. The summed E-state index contributed by atoms with van der Waals surface area (Å²) in [5.41, 5.74) is 2.02. The number of aryl methyl sites for hydroxylation is 1. The fraction of sp³-hybridized carbons (Fsp3) is 0.381. The minimum absolute atomic E-state index is 0.0614. The van der Waals surface area contributed by atoms with Crippen molar-refractivity contribution in [2.24, 2.45) is 0 Å². The lowest BCUT2D eigenvalue weighted by Crippen LogP contribution is -2.56. The lowest BCUT2D eigenvalue weighted by atomic mass is 10.0. The van der Waals surface area contributed by atoms with E-state index in [1.54, 1.807) is 12.1 Å². The molecule has 0 bridgehead atoms. The third-order valence-electron chi connectivity index (χ3n) is 4.80. The maximum Gasteiger partial charge on any atom is 0.247 e. The number of nitrogens with one attached hydrogen (secondary N) is 1. The van der Waals surface area contributed by atoms with Crippen LogP contribution in [0.4, 0.5) is 15.8 Å². The maximum atomic E-state index is 14.0. The Balaban J connectivity index is 1.62. The first-order chi connectivity index (χ1) is 12.4. The topological polar surface area (TPSA) is 35.6 Å². The van der Waals surface area contributed by atoms with Gasteiger partial charge >= 0.3 is 0 Å². The number of piperazine rings is 1. The largest absolute Gasteiger partial charge is 0.372 e. The molecule has 1 saturated heterocycles. The zero-order chi connectivity index (χ0) is 18.7. The van der Waals surface area contributed by atoms with Crippen LogP contribution in [0.3, 0.4) is 0 Å². The number of hydrogen-bond donors (Lipinski definition) is 1. The van der Waals surface area contributed by atoms with Gasteiger partial charge in [-0.05, 0) is 45.0 Å². The SMILES string of the molecule is Cc1ccc(NC(C)(C)C(=O)N2CCN(c3ccccc3F)CC2)cc1. The summed E-state index contributed by atoms with van der Waals surface area (Å²) in [5.74, 6) is -0.153. The van der Waals surface area contributed by atoms with E-state index in [9.17, 15) is 9.18 Å². The molecule has 0 radical (unpaired) electrons. The molecule has 1 fully saturated rings. The van der Waals surface area contributed by atoms with Crippen LogP contribution in [-0.2, 0) is 4.79 Å². The molecule has 0 atom stereocenters. The Morgan fingerprint density at radius 1 is 1.00 bits per heavy atom. The molecule has 1 aliphatic heterocycles. The molecule has 0 saturated carbocycles. The van der Waals surface area contributed by atoms with E-state index in [0.29, 0.717) is 31.9 Å². The van der Waals surface area contributed by atoms with Crippen LogP contribution in [0.5, 0.6) is 0 Å². The predicted molar refractivity (Wildman–Crippen MR) is 104 cm³/mol. The van der Waals surface area contributed by atoms with E-state index in [2.05, 4.69) is 5.32 Å². The smallest absolute Gasteiger partial charge is 0.247 e. The van der Waals surface area contributed by atoms with Gasteiger partial charge in [0.1, 0.15) is 11.4 Å². The third kappa shape index (κ3) is 3.98. The lowest BCUT2D eigenvalue weighted by molar-refractivity contribution is -0.135. The fourth-order valence-corrected chi connectivity index (χ4v) is 3.31. The van der Waals surface area contributed by atoms with Gasteiger partial charge in [0.25, 0.3) is 0 Å². The van der Waals surface area contributed by atoms with Crippen molar-refractivity contribution in [2.75, 3.05) is 36.4 Å². The Kier molecular flexibility index (Phi) is 5.16. The number of carbonyl (C=O) groups is 1. The Morgan fingerprint density at radius 3 is 2.23 bits per heavy atom. The van der Waals surface area contributed by atoms with Crippen LogP contribution < -0.4 is 10.2 Å². The number of amides is 1. The van der Waals surface area contributed by atoms with Gasteiger partial charge in [-0.25, -0.2) is 4.39 Å². The number of rotatable bonds is 4. The summed E-state index contributed by atoms with van der Waals surface area (Å²) in [4.78, 5) is 16.8. The highest BCUT2D eigenvalue weighted by atomic mass is 19.1. The van der Waals surface area contributed by atoms with Crippen molar-refractivity contribution in [3.05, 3.63) is 59.9 Å². The van der Waals surface area contributed by atoms with Gasteiger partial charge in [0.15, 0.2) is 0 Å². The van der Waals surface area contributed by atoms with Crippen molar-refractivity contribution in [1.82, 2.24) is 4.90 Å². The average Bonchev–Trinajstić information content (AvgIpc) is 2.63. The first-order valence-electron chi connectivity index (χ1n) is 9.00. The van der Waals surface area contributed by atoms with E-state index in [4.69, 9.17) is 0 Å². The van der Waals surface area contributed by atoms with E-state index in [1.807, 2.05) is 60.9 Å². The van der Waals surface area contributed by atoms with Crippen LogP contribution in [0.25, 0.3) is 0 Å². The number of halogens is 1. The van der Waals surface area contributed by atoms with Gasteiger partial charge in [0, 0.05) is 31.9 Å². The second kappa shape index (κ2) is 7.36. The molecule has 0 spiro atoms. The van der Waals surface area contributed by atoms with Crippen LogP contribution in [-0.4, -0.2) is 42.5 Å². The van der Waals surface area contributed by atoms with Crippen molar-refractivity contribution in [1.29, 1.82) is 0 Å². The molecular formula is C21H26FN3O. The highest BCUT2D eigenvalue weighted by Gasteiger charge is 2.33. The van der Waals surface area contributed by atoms with Crippen LogP contribution in [0.2, 0.25) is 0 Å². The highest BCUT2D eigenvalue weighted by molar-refractivity contribution is 5.88. The second-order valence-corrected chi connectivity index (χ2v) is 7.35. The Labute approximate surface area is 154 Å². The molecular weight excluding hydrogens is 329 g/mol. The van der Waals surface area contributed by atoms with E-state index < -0.39 is 5.54 Å². The predicted octanol–water partition coefficient (Wildman–Crippen LogP) is 3.67. The summed E-state index contributed by atoms with van der Waals surface area (Å²) in [6.45, 7) is 8.28. The van der Waals surface area contributed by atoms with Crippen molar-refractivity contribution in [2.45, 2.75) is 26.3 Å². The number of nitrogens with zero attached hydrogens (tertiary/aromatic N) is 2. The van der Waals surface area contributed by atoms with Crippen molar-refractivity contribution < 1.29 is 9.18 Å². The van der Waals surface area contributed by atoms with Gasteiger partial charge in [0.05, 0.1) is 5.69 Å². The summed E-state index contributed by atoms with van der Waals surface area (Å²) < 4.78 is 14.0. The first kappa shape index (κ1) is 18.2. The molecule has 2 aromatic rings. The van der Waals surface area contributed by atoms with Crippen LogP contribution >= 0.6 is 0 Å². The van der Waals surface area contributed by atoms with E-state index in [0.717, 1.165) is 5.69 Å². The van der Waals surface area contributed by atoms with Crippen LogP contribution in [0.15, 0.2) is 48.5 Å². The summed E-state index contributed by atoms with van der Waals surface area (Å²) in [7, 11) is 0. The van der Waals surface area contributed by atoms with Crippen molar-refractivity contribution >= 4 is 17.3 Å². The van der Waals surface area contributed by atoms with E-state index >= 15 is 0 Å². The van der Waals surface area contributed by atoms with Crippen LogP contribution in [0, 0.1) is 12.7 Å². The fourth-order valence-electron chi connectivity index (χ4n) is 3.31. The molecule has 1 heterocycles. The summed E-state index contributed by atoms with van der Waals surface area (Å²) in [6.07, 6.45) is 0. The van der Waals surface area contributed by atoms with E-state index in [1.165, 1.54) is 11.6 Å². The number of carbonyl (C=O) groups excluding carboxylic acids is 1. The highest BCUT2D eigenvalue weighted by Crippen LogP contribution is 2.22. The molecule has 5 heteroatoms. The average molecular weight is 355 g/mol. The van der Waals surface area contributed by atoms with Gasteiger partial charge in [0.2, 0.25) is 5.91 Å². The zero-order valence-electron chi connectivity index (χ0n) is 15.6. The normalized spacial score (nSPS) is 15.1. The van der Waals surface area contributed by atoms with Crippen molar-refractivity contribution in [3.8, 4) is 0 Å². The molecule has 0 aliphatic carbocycles. The van der Waals surface area contributed by atoms with Gasteiger partial charge in [-0.3, -0.25) is 4.79 Å². The standard InChI is InChI=1S/C21H26FN3O/c1-16-8-10-17(11-9-16)23-21(2,3)20(26)25-14-12-24(13-15-25)19-7-5-4-6-18(19)22/h4-11,23H,12-15H2,1-3H3. The third-order valence-corrected chi connectivity index (χ3v) is 4.80. The second-order valence-electron chi connectivity index (χ2n) is 7.35. The first-order valence-corrected chi connectivity index (χ1v) is 9.00. The Morgan fingerprint density at radius 2 is 1.62 bits per heavy atom. The number of para-hydroxylation sites is 1. The molecule has 138 valence electrons. The molecule has 0 aromatic heterocycles. The van der Waals surface area contributed by atoms with Gasteiger partial charge in [-0.15, -0.1) is 0 Å². The number of anilines is 2. The summed E-state index contributed by atoms with van der Waals surface area (Å²) in [6, 6.07) is 14.8. The Bertz CT molecular complexity index is 765. The molecule has 3 rings (SSSR count). The molecule has 1 N–H and O–H groups in total. The van der Waals surface area contributed by atoms with Gasteiger partial charge in [-0.2, -0.15) is 0 Å². The lowest BCUT2D eigenvalue weighted by Gasteiger charge is -2.40. The Hall–Kier alpha value is -2.56. The van der Waals surface area contributed by atoms with E-state index in [-0.39, 0.29) is 11.7 Å². The number of benzene rings is 2. The monoisotopic (exact) mass is 355 g/mol. The van der Waals surface area contributed by atoms with Gasteiger partial charge in [-0.1, -0.05) is 29.8 Å². The molecule has 0 unspecified atom stereocenters. The van der Waals surface area contributed by atoms with Crippen molar-refractivity contribution in [3.63, 3.8) is 0 Å². The summed E-state index contributed by atoms with van der Waals surface area (Å²) >= 11 is 0. The number of hydrogen-bond acceptors (Lipinski definition) is 3. The molecule has 26 heavy (non-hydrogen) atoms.